The van der Waals surface area contributed by atoms with Crippen molar-refractivity contribution in [2.45, 2.75) is 27.7 Å². The maximum atomic E-state index is 5.90. The molecule has 1 aromatic heterocycles. The molecule has 0 unspecified atom stereocenters. The van der Waals surface area contributed by atoms with Gasteiger partial charge in [0.25, 0.3) is 0 Å². The standard InChI is InChI=1S/C14H17N3/c1-8-6-5-7-12(9(8)2)13-10(3)14(15)17-11(4)16-13/h5-7H,1-4H3,(H2,15,16,17). The van der Waals surface area contributed by atoms with E-state index in [0.717, 1.165) is 16.8 Å². The molecule has 3 heteroatoms. The highest BCUT2D eigenvalue weighted by molar-refractivity contribution is 5.71. The van der Waals surface area contributed by atoms with Gasteiger partial charge in [-0.2, -0.15) is 0 Å². The fourth-order valence-corrected chi connectivity index (χ4v) is 1.92. The van der Waals surface area contributed by atoms with Crippen molar-refractivity contribution in [1.29, 1.82) is 0 Å². The van der Waals surface area contributed by atoms with Crippen molar-refractivity contribution in [2.75, 3.05) is 5.73 Å². The normalized spacial score (nSPS) is 10.6. The van der Waals surface area contributed by atoms with Crippen LogP contribution in [-0.2, 0) is 0 Å². The molecular formula is C14H17N3. The molecule has 0 radical (unpaired) electrons. The van der Waals surface area contributed by atoms with E-state index in [2.05, 4.69) is 35.9 Å². The van der Waals surface area contributed by atoms with Crippen LogP contribution in [-0.4, -0.2) is 9.97 Å². The first-order valence-electron chi connectivity index (χ1n) is 5.68. The number of rotatable bonds is 1. The number of hydrogen-bond donors (Lipinski definition) is 1. The van der Waals surface area contributed by atoms with Crippen LogP contribution in [0.4, 0.5) is 5.82 Å². The van der Waals surface area contributed by atoms with Crippen LogP contribution in [0.2, 0.25) is 0 Å². The van der Waals surface area contributed by atoms with Crippen LogP contribution in [0.15, 0.2) is 18.2 Å². The molecule has 0 saturated heterocycles. The molecule has 0 amide bonds. The van der Waals surface area contributed by atoms with Gasteiger partial charge in [0.1, 0.15) is 11.6 Å². The van der Waals surface area contributed by atoms with Crippen LogP contribution in [0.1, 0.15) is 22.5 Å². The molecule has 0 aliphatic carbocycles. The third-order valence-corrected chi connectivity index (χ3v) is 3.16. The average Bonchev–Trinajstić information content (AvgIpc) is 2.27. The average molecular weight is 227 g/mol. The second-order valence-corrected chi connectivity index (χ2v) is 4.38. The van der Waals surface area contributed by atoms with Gasteiger partial charge < -0.3 is 5.73 Å². The third-order valence-electron chi connectivity index (χ3n) is 3.16. The fourth-order valence-electron chi connectivity index (χ4n) is 1.92. The van der Waals surface area contributed by atoms with Crippen molar-refractivity contribution in [3.63, 3.8) is 0 Å². The topological polar surface area (TPSA) is 51.8 Å². The number of benzene rings is 1. The monoisotopic (exact) mass is 227 g/mol. The summed E-state index contributed by atoms with van der Waals surface area (Å²) in [5.74, 6) is 1.28. The van der Waals surface area contributed by atoms with E-state index in [4.69, 9.17) is 5.73 Å². The van der Waals surface area contributed by atoms with E-state index in [1.54, 1.807) is 0 Å². The quantitative estimate of drug-likeness (QED) is 0.814. The lowest BCUT2D eigenvalue weighted by Crippen LogP contribution is -2.03. The van der Waals surface area contributed by atoms with Crippen molar-refractivity contribution in [3.8, 4) is 11.3 Å². The molecule has 0 aliphatic rings. The Hall–Kier alpha value is -1.90. The molecule has 2 aromatic rings. The fraction of sp³-hybridized carbons (Fsp3) is 0.286. The highest BCUT2D eigenvalue weighted by atomic mass is 14.9. The highest BCUT2D eigenvalue weighted by Crippen LogP contribution is 2.28. The Bertz CT molecular complexity index is 574. The Kier molecular flexibility index (Phi) is 2.84. The second-order valence-electron chi connectivity index (χ2n) is 4.38. The zero-order valence-corrected chi connectivity index (χ0v) is 10.7. The van der Waals surface area contributed by atoms with Gasteiger partial charge in [-0.05, 0) is 38.8 Å². The van der Waals surface area contributed by atoms with E-state index in [0.29, 0.717) is 11.6 Å². The molecule has 1 aromatic carbocycles. The number of hydrogen-bond acceptors (Lipinski definition) is 3. The smallest absolute Gasteiger partial charge is 0.130 e. The van der Waals surface area contributed by atoms with Gasteiger partial charge >= 0.3 is 0 Å². The van der Waals surface area contributed by atoms with Gasteiger partial charge in [0.05, 0.1) is 5.69 Å². The van der Waals surface area contributed by atoms with E-state index in [-0.39, 0.29) is 0 Å². The van der Waals surface area contributed by atoms with Crippen molar-refractivity contribution in [2.24, 2.45) is 0 Å². The summed E-state index contributed by atoms with van der Waals surface area (Å²) in [7, 11) is 0. The van der Waals surface area contributed by atoms with Gasteiger partial charge in [0.15, 0.2) is 0 Å². The molecule has 2 rings (SSSR count). The lowest BCUT2D eigenvalue weighted by molar-refractivity contribution is 1.04. The first-order chi connectivity index (χ1) is 8.00. The molecule has 0 saturated carbocycles. The molecule has 0 bridgehead atoms. The van der Waals surface area contributed by atoms with Crippen LogP contribution in [0.5, 0.6) is 0 Å². The summed E-state index contributed by atoms with van der Waals surface area (Å²) in [4.78, 5) is 8.69. The number of aromatic nitrogens is 2. The zero-order chi connectivity index (χ0) is 12.6. The van der Waals surface area contributed by atoms with Gasteiger partial charge in [-0.3, -0.25) is 0 Å². The van der Waals surface area contributed by atoms with Crippen LogP contribution >= 0.6 is 0 Å². The van der Waals surface area contributed by atoms with E-state index in [9.17, 15) is 0 Å². The minimum atomic E-state index is 0.563. The Labute approximate surface area is 102 Å². The number of anilines is 1. The summed E-state index contributed by atoms with van der Waals surface area (Å²) in [6.07, 6.45) is 0. The van der Waals surface area contributed by atoms with Crippen LogP contribution in [0.25, 0.3) is 11.3 Å². The number of nitrogen functional groups attached to an aromatic ring is 1. The molecular weight excluding hydrogens is 210 g/mol. The van der Waals surface area contributed by atoms with Gasteiger partial charge in [0.2, 0.25) is 0 Å². The van der Waals surface area contributed by atoms with E-state index >= 15 is 0 Å². The molecule has 0 aliphatic heterocycles. The minimum absolute atomic E-state index is 0.563. The third kappa shape index (κ3) is 2.00. The Balaban J connectivity index is 2.73. The Morgan fingerprint density at radius 3 is 2.35 bits per heavy atom. The largest absolute Gasteiger partial charge is 0.383 e. The van der Waals surface area contributed by atoms with Crippen molar-refractivity contribution in [3.05, 3.63) is 40.7 Å². The first-order valence-corrected chi connectivity index (χ1v) is 5.68. The van der Waals surface area contributed by atoms with Crippen molar-refractivity contribution in [1.82, 2.24) is 9.97 Å². The predicted molar refractivity (Wildman–Crippen MR) is 70.8 cm³/mol. The maximum Gasteiger partial charge on any atom is 0.130 e. The molecule has 88 valence electrons. The summed E-state index contributed by atoms with van der Waals surface area (Å²) in [5.41, 5.74) is 11.4. The molecule has 0 spiro atoms. The number of nitrogens with zero attached hydrogens (tertiary/aromatic N) is 2. The zero-order valence-electron chi connectivity index (χ0n) is 10.7. The molecule has 17 heavy (non-hydrogen) atoms. The van der Waals surface area contributed by atoms with Gasteiger partial charge in [-0.25, -0.2) is 9.97 Å². The first kappa shape index (κ1) is 11.6. The summed E-state index contributed by atoms with van der Waals surface area (Å²) in [6, 6.07) is 6.23. The van der Waals surface area contributed by atoms with Crippen molar-refractivity contribution >= 4 is 5.82 Å². The highest BCUT2D eigenvalue weighted by Gasteiger charge is 2.11. The second kappa shape index (κ2) is 4.17. The summed E-state index contributed by atoms with van der Waals surface area (Å²) in [6.45, 7) is 8.04. The minimum Gasteiger partial charge on any atom is -0.383 e. The summed E-state index contributed by atoms with van der Waals surface area (Å²) in [5, 5.41) is 0. The predicted octanol–water partition coefficient (Wildman–Crippen LogP) is 2.96. The lowest BCUT2D eigenvalue weighted by atomic mass is 9.98. The van der Waals surface area contributed by atoms with Crippen LogP contribution in [0, 0.1) is 27.7 Å². The van der Waals surface area contributed by atoms with E-state index < -0.39 is 0 Å². The van der Waals surface area contributed by atoms with E-state index in [1.807, 2.05) is 19.9 Å². The molecule has 2 N–H and O–H groups in total. The van der Waals surface area contributed by atoms with E-state index in [1.165, 1.54) is 11.1 Å². The summed E-state index contributed by atoms with van der Waals surface area (Å²) < 4.78 is 0. The molecule has 0 fully saturated rings. The number of nitrogens with two attached hydrogens (primary N) is 1. The Morgan fingerprint density at radius 2 is 1.65 bits per heavy atom. The molecule has 0 atom stereocenters. The lowest BCUT2D eigenvalue weighted by Gasteiger charge is -2.12. The number of aryl methyl sites for hydroxylation is 2. The van der Waals surface area contributed by atoms with Gasteiger partial charge in [-0.15, -0.1) is 0 Å². The SMILES string of the molecule is Cc1nc(N)c(C)c(-c2cccc(C)c2C)n1. The summed E-state index contributed by atoms with van der Waals surface area (Å²) >= 11 is 0. The van der Waals surface area contributed by atoms with Gasteiger partial charge in [-0.1, -0.05) is 18.2 Å². The van der Waals surface area contributed by atoms with Crippen molar-refractivity contribution < 1.29 is 0 Å². The molecule has 1 heterocycles. The van der Waals surface area contributed by atoms with Crippen LogP contribution < -0.4 is 5.73 Å². The maximum absolute atomic E-state index is 5.90. The Morgan fingerprint density at radius 1 is 0.941 bits per heavy atom. The molecule has 3 nitrogen and oxygen atoms in total. The van der Waals surface area contributed by atoms with Gasteiger partial charge in [0, 0.05) is 11.1 Å². The van der Waals surface area contributed by atoms with Crippen LogP contribution in [0.3, 0.4) is 0 Å².